The number of alkyl halides is 3. The Kier molecular flexibility index (Phi) is 4.82. The van der Waals surface area contributed by atoms with E-state index in [1.54, 1.807) is 36.4 Å². The van der Waals surface area contributed by atoms with Gasteiger partial charge in [-0.3, -0.25) is 4.40 Å². The zero-order chi connectivity index (χ0) is 21.3. The Morgan fingerprint density at radius 1 is 1.07 bits per heavy atom. The monoisotopic (exact) mass is 413 g/mol. The van der Waals surface area contributed by atoms with Crippen LogP contribution in [-0.2, 0) is 10.9 Å². The second kappa shape index (κ2) is 7.47. The molecule has 0 saturated heterocycles. The molecule has 0 bridgehead atoms. The molecule has 1 N–H and O–H groups in total. The van der Waals surface area contributed by atoms with E-state index in [1.165, 1.54) is 36.0 Å². The number of aromatic nitrogens is 4. The summed E-state index contributed by atoms with van der Waals surface area (Å²) in [7, 11) is 1.28. The number of nitrogens with zero attached hydrogens (tertiary/aromatic N) is 4. The molecule has 0 atom stereocenters. The molecule has 4 rings (SSSR count). The van der Waals surface area contributed by atoms with Gasteiger partial charge in [0, 0.05) is 18.1 Å². The fraction of sp³-hybridized carbons (Fsp3) is 0.100. The number of ether oxygens (including phenoxy) is 1. The van der Waals surface area contributed by atoms with Crippen LogP contribution in [0.4, 0.5) is 24.8 Å². The van der Waals surface area contributed by atoms with Crippen molar-refractivity contribution in [3.63, 3.8) is 0 Å². The van der Waals surface area contributed by atoms with Gasteiger partial charge in [-0.2, -0.15) is 13.2 Å². The number of anilines is 2. The predicted molar refractivity (Wildman–Crippen MR) is 102 cm³/mol. The molecule has 7 nitrogen and oxygen atoms in total. The maximum absolute atomic E-state index is 13.6. The summed E-state index contributed by atoms with van der Waals surface area (Å²) < 4.78 is 46.7. The Balaban J connectivity index is 1.72. The molecule has 1 aromatic carbocycles. The summed E-state index contributed by atoms with van der Waals surface area (Å²) in [6.45, 7) is 0. The minimum Gasteiger partial charge on any atom is -0.465 e. The van der Waals surface area contributed by atoms with Gasteiger partial charge in [-0.05, 0) is 42.5 Å². The highest BCUT2D eigenvalue weighted by molar-refractivity contribution is 5.89. The quantitative estimate of drug-likeness (QED) is 0.502. The Bertz CT molecular complexity index is 1220. The van der Waals surface area contributed by atoms with E-state index in [0.29, 0.717) is 11.3 Å². The van der Waals surface area contributed by atoms with Crippen LogP contribution >= 0.6 is 0 Å². The van der Waals surface area contributed by atoms with E-state index >= 15 is 0 Å². The van der Waals surface area contributed by atoms with Crippen molar-refractivity contribution in [3.05, 3.63) is 72.2 Å². The third-order valence-electron chi connectivity index (χ3n) is 4.26. The molecule has 0 aliphatic heterocycles. The number of carbonyl (C=O) groups excluding carboxylic acids is 1. The standard InChI is InChI=1S/C20H14F3N5O2/c1-30-18(29)12-5-7-13(8-6-12)25-19-24-10-9-14(26-19)16-17(20(21,22)23)27-15-4-2-3-11-28(15)16/h2-11H,1H3,(H,24,25,26). The second-order valence-electron chi connectivity index (χ2n) is 6.20. The van der Waals surface area contributed by atoms with Crippen LogP contribution in [0.5, 0.6) is 0 Å². The molecule has 3 aromatic heterocycles. The lowest BCUT2D eigenvalue weighted by molar-refractivity contribution is -0.140. The minimum atomic E-state index is -4.65. The van der Waals surface area contributed by atoms with Gasteiger partial charge in [0.2, 0.25) is 5.95 Å². The Labute approximate surface area is 168 Å². The minimum absolute atomic E-state index is 0.0599. The van der Waals surface area contributed by atoms with Crippen molar-refractivity contribution < 1.29 is 22.7 Å². The van der Waals surface area contributed by atoms with Crippen molar-refractivity contribution in [1.82, 2.24) is 19.4 Å². The molecular weight excluding hydrogens is 399 g/mol. The Morgan fingerprint density at radius 2 is 1.83 bits per heavy atom. The van der Waals surface area contributed by atoms with Crippen LogP contribution in [0.25, 0.3) is 17.0 Å². The number of fused-ring (bicyclic) bond motifs is 1. The molecular formula is C20H14F3N5O2. The molecule has 4 aromatic rings. The zero-order valence-corrected chi connectivity index (χ0v) is 15.5. The SMILES string of the molecule is COC(=O)c1ccc(Nc2nccc(-c3c(C(F)(F)F)nc4ccccn34)n2)cc1. The maximum atomic E-state index is 13.6. The second-order valence-corrected chi connectivity index (χ2v) is 6.20. The van der Waals surface area contributed by atoms with Gasteiger partial charge in [0.05, 0.1) is 18.4 Å². The number of pyridine rings is 1. The lowest BCUT2D eigenvalue weighted by atomic mass is 10.2. The number of carbonyl (C=O) groups is 1. The van der Waals surface area contributed by atoms with Gasteiger partial charge >= 0.3 is 12.1 Å². The van der Waals surface area contributed by atoms with Crippen LogP contribution in [0.2, 0.25) is 0 Å². The lowest BCUT2D eigenvalue weighted by Gasteiger charge is -2.10. The highest BCUT2D eigenvalue weighted by atomic mass is 19.4. The number of imidazole rings is 1. The van der Waals surface area contributed by atoms with E-state index in [-0.39, 0.29) is 23.0 Å². The third-order valence-corrected chi connectivity index (χ3v) is 4.26. The topological polar surface area (TPSA) is 81.4 Å². The van der Waals surface area contributed by atoms with Crippen LogP contribution in [-0.4, -0.2) is 32.4 Å². The van der Waals surface area contributed by atoms with Crippen molar-refractivity contribution >= 4 is 23.3 Å². The maximum Gasteiger partial charge on any atom is 0.435 e. The first-order chi connectivity index (χ1) is 14.4. The number of benzene rings is 1. The van der Waals surface area contributed by atoms with Gasteiger partial charge in [-0.15, -0.1) is 0 Å². The average molecular weight is 413 g/mol. The first-order valence-corrected chi connectivity index (χ1v) is 8.70. The normalized spacial score (nSPS) is 11.5. The largest absolute Gasteiger partial charge is 0.465 e. The van der Waals surface area contributed by atoms with Crippen LogP contribution in [0.3, 0.4) is 0 Å². The fourth-order valence-electron chi connectivity index (χ4n) is 2.93. The number of hydrogen-bond acceptors (Lipinski definition) is 6. The average Bonchev–Trinajstić information content (AvgIpc) is 3.14. The molecule has 0 radical (unpaired) electrons. The molecule has 0 fully saturated rings. The molecule has 0 amide bonds. The van der Waals surface area contributed by atoms with Gasteiger partial charge in [0.25, 0.3) is 0 Å². The van der Waals surface area contributed by atoms with Crippen LogP contribution in [0.1, 0.15) is 16.1 Å². The number of nitrogens with one attached hydrogen (secondary N) is 1. The van der Waals surface area contributed by atoms with E-state index in [9.17, 15) is 18.0 Å². The predicted octanol–water partition coefficient (Wildman–Crippen LogP) is 4.34. The summed E-state index contributed by atoms with van der Waals surface area (Å²) >= 11 is 0. The van der Waals surface area contributed by atoms with Crippen LogP contribution in [0.15, 0.2) is 60.9 Å². The van der Waals surface area contributed by atoms with Gasteiger partial charge in [-0.25, -0.2) is 19.7 Å². The fourth-order valence-corrected chi connectivity index (χ4v) is 2.93. The summed E-state index contributed by atoms with van der Waals surface area (Å²) in [5, 5.41) is 2.91. The van der Waals surface area contributed by atoms with Crippen LogP contribution in [0, 0.1) is 0 Å². The Morgan fingerprint density at radius 3 is 2.53 bits per heavy atom. The summed E-state index contributed by atoms with van der Waals surface area (Å²) in [5.74, 6) is -0.385. The molecule has 0 saturated carbocycles. The van der Waals surface area contributed by atoms with Crippen molar-refractivity contribution in [3.8, 4) is 11.4 Å². The van der Waals surface area contributed by atoms with Gasteiger partial charge in [0.1, 0.15) is 11.3 Å². The number of hydrogen-bond donors (Lipinski definition) is 1. The van der Waals surface area contributed by atoms with E-state index in [0.717, 1.165) is 0 Å². The van der Waals surface area contributed by atoms with Crippen molar-refractivity contribution in [1.29, 1.82) is 0 Å². The van der Waals surface area contributed by atoms with E-state index in [2.05, 4.69) is 25.0 Å². The number of halogens is 3. The Hall–Kier alpha value is -3.95. The molecule has 152 valence electrons. The van der Waals surface area contributed by atoms with E-state index in [4.69, 9.17) is 0 Å². The first kappa shape index (κ1) is 19.4. The third kappa shape index (κ3) is 3.66. The summed E-state index contributed by atoms with van der Waals surface area (Å²) in [6.07, 6.45) is -1.80. The lowest BCUT2D eigenvalue weighted by Crippen LogP contribution is -2.09. The zero-order valence-electron chi connectivity index (χ0n) is 15.5. The number of methoxy groups -OCH3 is 1. The van der Waals surface area contributed by atoms with E-state index < -0.39 is 17.8 Å². The van der Waals surface area contributed by atoms with Crippen molar-refractivity contribution in [2.24, 2.45) is 0 Å². The number of rotatable bonds is 4. The molecule has 0 unspecified atom stereocenters. The van der Waals surface area contributed by atoms with Crippen molar-refractivity contribution in [2.75, 3.05) is 12.4 Å². The molecule has 0 spiro atoms. The molecule has 3 heterocycles. The molecule has 10 heteroatoms. The van der Waals surface area contributed by atoms with Gasteiger partial charge in [-0.1, -0.05) is 6.07 Å². The summed E-state index contributed by atoms with van der Waals surface area (Å²) in [5.41, 5.74) is -0.0753. The van der Waals surface area contributed by atoms with Crippen molar-refractivity contribution in [2.45, 2.75) is 6.18 Å². The number of esters is 1. The smallest absolute Gasteiger partial charge is 0.435 e. The van der Waals surface area contributed by atoms with Gasteiger partial charge < -0.3 is 10.1 Å². The summed E-state index contributed by atoms with van der Waals surface area (Å²) in [4.78, 5) is 23.5. The highest BCUT2D eigenvalue weighted by Gasteiger charge is 2.38. The van der Waals surface area contributed by atoms with Crippen LogP contribution < -0.4 is 5.32 Å². The van der Waals surface area contributed by atoms with Gasteiger partial charge in [0.15, 0.2) is 5.69 Å². The molecule has 0 aliphatic carbocycles. The summed E-state index contributed by atoms with van der Waals surface area (Å²) in [6, 6.07) is 12.4. The van der Waals surface area contributed by atoms with E-state index in [1.807, 2.05) is 0 Å². The molecule has 30 heavy (non-hydrogen) atoms. The molecule has 0 aliphatic rings. The highest BCUT2D eigenvalue weighted by Crippen LogP contribution is 2.36. The first-order valence-electron chi connectivity index (χ1n) is 8.70.